The van der Waals surface area contributed by atoms with Gasteiger partial charge in [-0.1, -0.05) is 6.07 Å². The van der Waals surface area contributed by atoms with Crippen LogP contribution in [0.3, 0.4) is 0 Å². The summed E-state index contributed by atoms with van der Waals surface area (Å²) in [6.07, 6.45) is -3.98. The fourth-order valence-electron chi connectivity index (χ4n) is 2.35. The maximum atomic E-state index is 13.1. The zero-order valence-corrected chi connectivity index (χ0v) is 13.9. The molecule has 24 heavy (non-hydrogen) atoms. The molecule has 0 bridgehead atoms. The highest BCUT2D eigenvalue weighted by Crippen LogP contribution is 2.32. The van der Waals surface area contributed by atoms with Crippen LogP contribution in [0.25, 0.3) is 0 Å². The molecule has 0 amide bonds. The van der Waals surface area contributed by atoms with Gasteiger partial charge in [0.1, 0.15) is 5.82 Å². The number of thioether (sulfide) groups is 1. The highest BCUT2D eigenvalue weighted by Gasteiger charge is 2.34. The molecule has 0 aromatic heterocycles. The van der Waals surface area contributed by atoms with E-state index in [1.54, 1.807) is 11.8 Å². The molecule has 0 radical (unpaired) electrons. The van der Waals surface area contributed by atoms with Crippen LogP contribution in [0.5, 0.6) is 0 Å². The number of aliphatic imine (C=N–C) groups is 1. The standard InChI is InChI=1S/C15H19F4N3OS/c1-20-13(22-8-14(23)4-5-24-9-14)21-7-10-2-3-11(16)6-12(10)15(17,18)19/h2-3,6,23H,4-5,7-9H2,1H3,(H2,20,21,22). The highest BCUT2D eigenvalue weighted by atomic mass is 32.2. The third-order valence-electron chi connectivity index (χ3n) is 3.71. The maximum Gasteiger partial charge on any atom is 0.416 e. The van der Waals surface area contributed by atoms with E-state index in [0.717, 1.165) is 17.9 Å². The molecule has 1 atom stereocenters. The third kappa shape index (κ3) is 5.01. The molecule has 1 heterocycles. The number of halogens is 4. The van der Waals surface area contributed by atoms with Crippen molar-refractivity contribution in [3.05, 3.63) is 35.1 Å². The van der Waals surface area contributed by atoms with Crippen molar-refractivity contribution in [3.8, 4) is 0 Å². The molecule has 1 aliphatic heterocycles. The molecule has 0 aliphatic carbocycles. The lowest BCUT2D eigenvalue weighted by Crippen LogP contribution is -2.47. The fraction of sp³-hybridized carbons (Fsp3) is 0.533. The maximum absolute atomic E-state index is 13.1. The van der Waals surface area contributed by atoms with Crippen LogP contribution in [0, 0.1) is 5.82 Å². The van der Waals surface area contributed by atoms with E-state index in [-0.39, 0.29) is 24.6 Å². The Morgan fingerprint density at radius 2 is 2.12 bits per heavy atom. The Bertz CT molecular complexity index is 601. The van der Waals surface area contributed by atoms with Crippen molar-refractivity contribution in [2.24, 2.45) is 4.99 Å². The Labute approximate surface area is 141 Å². The Kier molecular flexibility index (Phi) is 5.97. The van der Waals surface area contributed by atoms with Crippen LogP contribution in [-0.4, -0.2) is 41.8 Å². The second-order valence-corrected chi connectivity index (χ2v) is 6.71. The Morgan fingerprint density at radius 1 is 1.38 bits per heavy atom. The summed E-state index contributed by atoms with van der Waals surface area (Å²) in [5.74, 6) is 0.814. The average Bonchev–Trinajstić information content (AvgIpc) is 2.94. The van der Waals surface area contributed by atoms with Crippen LogP contribution in [-0.2, 0) is 12.7 Å². The fourth-order valence-corrected chi connectivity index (χ4v) is 3.65. The first-order valence-corrected chi connectivity index (χ1v) is 8.49. The van der Waals surface area contributed by atoms with Crippen LogP contribution in [0.15, 0.2) is 23.2 Å². The lowest BCUT2D eigenvalue weighted by atomic mass is 10.0. The van der Waals surface area contributed by atoms with Gasteiger partial charge in [0.15, 0.2) is 5.96 Å². The lowest BCUT2D eigenvalue weighted by molar-refractivity contribution is -0.138. The summed E-state index contributed by atoms with van der Waals surface area (Å²) in [4.78, 5) is 3.93. The van der Waals surface area contributed by atoms with E-state index in [1.165, 1.54) is 7.05 Å². The zero-order valence-electron chi connectivity index (χ0n) is 13.1. The van der Waals surface area contributed by atoms with E-state index >= 15 is 0 Å². The van der Waals surface area contributed by atoms with Crippen LogP contribution in [0.2, 0.25) is 0 Å². The number of benzene rings is 1. The zero-order chi connectivity index (χ0) is 17.8. The second kappa shape index (κ2) is 7.60. The summed E-state index contributed by atoms with van der Waals surface area (Å²) >= 11 is 1.65. The monoisotopic (exact) mass is 365 g/mol. The summed E-state index contributed by atoms with van der Waals surface area (Å²) < 4.78 is 52.0. The first-order chi connectivity index (χ1) is 11.2. The number of nitrogens with one attached hydrogen (secondary N) is 2. The van der Waals surface area contributed by atoms with Crippen molar-refractivity contribution in [2.45, 2.75) is 24.7 Å². The molecule has 1 aromatic carbocycles. The summed E-state index contributed by atoms with van der Waals surface area (Å²) in [6, 6.07) is 2.56. The van der Waals surface area contributed by atoms with Gasteiger partial charge < -0.3 is 15.7 Å². The van der Waals surface area contributed by atoms with Gasteiger partial charge in [-0.3, -0.25) is 4.99 Å². The topological polar surface area (TPSA) is 56.7 Å². The van der Waals surface area contributed by atoms with E-state index in [4.69, 9.17) is 0 Å². The number of hydrogen-bond acceptors (Lipinski definition) is 3. The predicted octanol–water partition coefficient (Wildman–Crippen LogP) is 2.38. The smallest absolute Gasteiger partial charge is 0.387 e. The first kappa shape index (κ1) is 18.9. The van der Waals surface area contributed by atoms with Gasteiger partial charge in [-0.15, -0.1) is 0 Å². The largest absolute Gasteiger partial charge is 0.416 e. The van der Waals surface area contributed by atoms with Crippen molar-refractivity contribution in [3.63, 3.8) is 0 Å². The molecule has 3 N–H and O–H groups in total. The first-order valence-electron chi connectivity index (χ1n) is 7.34. The second-order valence-electron chi connectivity index (χ2n) is 5.61. The van der Waals surface area contributed by atoms with E-state index < -0.39 is 23.2 Å². The predicted molar refractivity (Wildman–Crippen MR) is 86.5 cm³/mol. The number of nitrogens with zero attached hydrogens (tertiary/aromatic N) is 1. The molecule has 1 saturated heterocycles. The number of rotatable bonds is 4. The number of aliphatic hydroxyl groups is 1. The lowest BCUT2D eigenvalue weighted by Gasteiger charge is -2.23. The van der Waals surface area contributed by atoms with Crippen LogP contribution >= 0.6 is 11.8 Å². The minimum absolute atomic E-state index is 0.0815. The van der Waals surface area contributed by atoms with Crippen molar-refractivity contribution < 1.29 is 22.7 Å². The number of guanidine groups is 1. The molecule has 1 aromatic rings. The van der Waals surface area contributed by atoms with Gasteiger partial charge in [-0.2, -0.15) is 24.9 Å². The number of hydrogen-bond donors (Lipinski definition) is 3. The van der Waals surface area contributed by atoms with Crippen LogP contribution in [0.1, 0.15) is 17.5 Å². The van der Waals surface area contributed by atoms with Gasteiger partial charge in [0.25, 0.3) is 0 Å². The Balaban J connectivity index is 1.98. The van der Waals surface area contributed by atoms with E-state index in [0.29, 0.717) is 18.2 Å². The summed E-state index contributed by atoms with van der Waals surface area (Å²) in [7, 11) is 1.48. The van der Waals surface area contributed by atoms with Crippen molar-refractivity contribution in [2.75, 3.05) is 25.1 Å². The van der Waals surface area contributed by atoms with Gasteiger partial charge >= 0.3 is 6.18 Å². The highest BCUT2D eigenvalue weighted by molar-refractivity contribution is 7.99. The molecule has 134 valence electrons. The minimum Gasteiger partial charge on any atom is -0.387 e. The number of alkyl halides is 3. The summed E-state index contributed by atoms with van der Waals surface area (Å²) in [6.45, 7) is 0.0944. The van der Waals surface area contributed by atoms with E-state index in [9.17, 15) is 22.7 Å². The summed E-state index contributed by atoms with van der Waals surface area (Å²) in [5.41, 5.74) is -1.94. The van der Waals surface area contributed by atoms with Gasteiger partial charge in [0.05, 0.1) is 11.2 Å². The van der Waals surface area contributed by atoms with Gasteiger partial charge in [-0.25, -0.2) is 4.39 Å². The van der Waals surface area contributed by atoms with Gasteiger partial charge in [0.2, 0.25) is 0 Å². The molecule has 0 saturated carbocycles. The minimum atomic E-state index is -4.63. The molecule has 1 fully saturated rings. The van der Waals surface area contributed by atoms with Crippen molar-refractivity contribution >= 4 is 17.7 Å². The SMILES string of the molecule is CN=C(NCc1ccc(F)cc1C(F)(F)F)NCC1(O)CCSC1. The molecule has 1 aliphatic rings. The Morgan fingerprint density at radius 3 is 2.71 bits per heavy atom. The molecule has 1 unspecified atom stereocenters. The molecule has 9 heteroatoms. The molecular formula is C15H19F4N3OS. The molecule has 4 nitrogen and oxygen atoms in total. The normalized spacial score (nSPS) is 21.8. The molecule has 2 rings (SSSR count). The summed E-state index contributed by atoms with van der Waals surface area (Å²) in [5, 5.41) is 15.9. The van der Waals surface area contributed by atoms with Crippen LogP contribution in [0.4, 0.5) is 17.6 Å². The van der Waals surface area contributed by atoms with Crippen molar-refractivity contribution in [1.82, 2.24) is 10.6 Å². The molecule has 0 spiro atoms. The van der Waals surface area contributed by atoms with Gasteiger partial charge in [-0.05, 0) is 29.9 Å². The van der Waals surface area contributed by atoms with E-state index in [1.807, 2.05) is 0 Å². The third-order valence-corrected chi connectivity index (χ3v) is 4.95. The molecular weight excluding hydrogens is 346 g/mol. The van der Waals surface area contributed by atoms with Gasteiger partial charge in [0, 0.05) is 25.9 Å². The van der Waals surface area contributed by atoms with Crippen LogP contribution < -0.4 is 10.6 Å². The average molecular weight is 365 g/mol. The quantitative estimate of drug-likeness (QED) is 0.436. The Hall–Kier alpha value is -1.48. The van der Waals surface area contributed by atoms with E-state index in [2.05, 4.69) is 15.6 Å². The van der Waals surface area contributed by atoms with Crippen molar-refractivity contribution in [1.29, 1.82) is 0 Å².